The number of anilines is 1. The zero-order chi connectivity index (χ0) is 13.3. The normalized spacial score (nSPS) is 20.0. The number of nitro benzene ring substituents is 1. The first-order valence-electron chi connectivity index (χ1n) is 5.83. The van der Waals surface area contributed by atoms with Crippen LogP contribution in [0.2, 0.25) is 0 Å². The van der Waals surface area contributed by atoms with Gasteiger partial charge in [-0.25, -0.2) is 0 Å². The number of nitrogens with two attached hydrogens (primary N) is 1. The molecular formula is C12H15N3O3. The highest BCUT2D eigenvalue weighted by molar-refractivity contribution is 5.98. The van der Waals surface area contributed by atoms with Crippen molar-refractivity contribution < 1.29 is 9.72 Å². The van der Waals surface area contributed by atoms with Crippen LogP contribution in [0.25, 0.3) is 0 Å². The van der Waals surface area contributed by atoms with Crippen molar-refractivity contribution in [2.75, 3.05) is 11.4 Å². The van der Waals surface area contributed by atoms with Gasteiger partial charge in [0.25, 0.3) is 5.69 Å². The topological polar surface area (TPSA) is 89.5 Å². The standard InChI is InChI=1S/C12H15N3O3/c1-8-10(5-2-6-11(8)15(17)18)14-7-3-4-9(13)12(14)16/h2,5-6,9H,3-4,7,13H2,1H3. The van der Waals surface area contributed by atoms with Gasteiger partial charge in [0, 0.05) is 12.6 Å². The third-order valence-corrected chi connectivity index (χ3v) is 3.24. The van der Waals surface area contributed by atoms with Crippen LogP contribution in [0.3, 0.4) is 0 Å². The molecule has 1 aliphatic heterocycles. The number of rotatable bonds is 2. The summed E-state index contributed by atoms with van der Waals surface area (Å²) >= 11 is 0. The summed E-state index contributed by atoms with van der Waals surface area (Å²) in [4.78, 5) is 24.0. The minimum absolute atomic E-state index is 0.0273. The van der Waals surface area contributed by atoms with E-state index in [0.29, 0.717) is 24.2 Å². The molecule has 0 saturated carbocycles. The van der Waals surface area contributed by atoms with E-state index >= 15 is 0 Å². The maximum absolute atomic E-state index is 12.0. The molecular weight excluding hydrogens is 234 g/mol. The smallest absolute Gasteiger partial charge is 0.274 e. The first-order chi connectivity index (χ1) is 8.52. The molecule has 1 aromatic rings. The molecule has 18 heavy (non-hydrogen) atoms. The zero-order valence-electron chi connectivity index (χ0n) is 10.1. The fourth-order valence-electron chi connectivity index (χ4n) is 2.24. The van der Waals surface area contributed by atoms with Crippen LogP contribution in [-0.2, 0) is 4.79 Å². The second-order valence-electron chi connectivity index (χ2n) is 4.42. The van der Waals surface area contributed by atoms with E-state index in [-0.39, 0.29) is 11.6 Å². The molecule has 1 heterocycles. The molecule has 0 bridgehead atoms. The summed E-state index contributed by atoms with van der Waals surface area (Å²) in [5, 5.41) is 10.9. The van der Waals surface area contributed by atoms with Crippen molar-refractivity contribution in [3.8, 4) is 0 Å². The Hall–Kier alpha value is -1.95. The van der Waals surface area contributed by atoms with Crippen molar-refractivity contribution in [3.05, 3.63) is 33.9 Å². The number of piperidine rings is 1. The maximum Gasteiger partial charge on any atom is 0.274 e. The zero-order valence-corrected chi connectivity index (χ0v) is 10.1. The van der Waals surface area contributed by atoms with E-state index in [9.17, 15) is 14.9 Å². The quantitative estimate of drug-likeness (QED) is 0.633. The highest BCUT2D eigenvalue weighted by atomic mass is 16.6. The number of carbonyl (C=O) groups is 1. The third kappa shape index (κ3) is 2.06. The SMILES string of the molecule is Cc1c(N2CCCC(N)C2=O)cccc1[N+](=O)[O-]. The van der Waals surface area contributed by atoms with E-state index in [1.54, 1.807) is 24.0 Å². The molecule has 2 rings (SSSR count). The number of amides is 1. The molecule has 0 aromatic heterocycles. The van der Waals surface area contributed by atoms with Gasteiger partial charge in [-0.15, -0.1) is 0 Å². The molecule has 0 aliphatic carbocycles. The Labute approximate surface area is 105 Å². The Morgan fingerprint density at radius 3 is 2.89 bits per heavy atom. The lowest BCUT2D eigenvalue weighted by molar-refractivity contribution is -0.385. The lowest BCUT2D eigenvalue weighted by atomic mass is 10.0. The fourth-order valence-corrected chi connectivity index (χ4v) is 2.24. The lowest BCUT2D eigenvalue weighted by Gasteiger charge is -2.31. The Balaban J connectivity index is 2.42. The molecule has 0 spiro atoms. The first-order valence-corrected chi connectivity index (χ1v) is 5.83. The van der Waals surface area contributed by atoms with Crippen LogP contribution < -0.4 is 10.6 Å². The summed E-state index contributed by atoms with van der Waals surface area (Å²) in [6.07, 6.45) is 1.48. The molecule has 6 heteroatoms. The van der Waals surface area contributed by atoms with Crippen molar-refractivity contribution in [1.29, 1.82) is 0 Å². The average molecular weight is 249 g/mol. The molecule has 1 saturated heterocycles. The van der Waals surface area contributed by atoms with E-state index in [1.807, 2.05) is 0 Å². The first kappa shape index (κ1) is 12.5. The fraction of sp³-hybridized carbons (Fsp3) is 0.417. The number of benzene rings is 1. The highest BCUT2D eigenvalue weighted by Crippen LogP contribution is 2.30. The van der Waals surface area contributed by atoms with Crippen molar-refractivity contribution >= 4 is 17.3 Å². The van der Waals surface area contributed by atoms with Gasteiger partial charge in [0.1, 0.15) is 0 Å². The van der Waals surface area contributed by atoms with Crippen LogP contribution in [0.1, 0.15) is 18.4 Å². The van der Waals surface area contributed by atoms with E-state index in [0.717, 1.165) is 6.42 Å². The van der Waals surface area contributed by atoms with Gasteiger partial charge < -0.3 is 10.6 Å². The van der Waals surface area contributed by atoms with E-state index in [1.165, 1.54) is 6.07 Å². The number of hydrogen-bond donors (Lipinski definition) is 1. The van der Waals surface area contributed by atoms with Crippen LogP contribution in [0, 0.1) is 17.0 Å². The number of hydrogen-bond acceptors (Lipinski definition) is 4. The third-order valence-electron chi connectivity index (χ3n) is 3.24. The Kier molecular flexibility index (Phi) is 3.29. The predicted octanol–water partition coefficient (Wildman–Crippen LogP) is 1.36. The number of carbonyl (C=O) groups excluding carboxylic acids is 1. The van der Waals surface area contributed by atoms with E-state index in [2.05, 4.69) is 0 Å². The molecule has 6 nitrogen and oxygen atoms in total. The van der Waals surface area contributed by atoms with Crippen molar-refractivity contribution in [3.63, 3.8) is 0 Å². The molecule has 1 aromatic carbocycles. The maximum atomic E-state index is 12.0. The molecule has 96 valence electrons. The van der Waals surface area contributed by atoms with Gasteiger partial charge in [0.2, 0.25) is 5.91 Å². The van der Waals surface area contributed by atoms with Gasteiger partial charge in [0.15, 0.2) is 0 Å². The van der Waals surface area contributed by atoms with Gasteiger partial charge in [-0.2, -0.15) is 0 Å². The summed E-state index contributed by atoms with van der Waals surface area (Å²) in [5.41, 5.74) is 6.85. The van der Waals surface area contributed by atoms with E-state index < -0.39 is 11.0 Å². The lowest BCUT2D eigenvalue weighted by Crippen LogP contribution is -2.48. The van der Waals surface area contributed by atoms with E-state index in [4.69, 9.17) is 5.73 Å². The summed E-state index contributed by atoms with van der Waals surface area (Å²) in [6, 6.07) is 4.25. The van der Waals surface area contributed by atoms with Crippen molar-refractivity contribution in [1.82, 2.24) is 0 Å². The van der Waals surface area contributed by atoms with Gasteiger partial charge in [0.05, 0.1) is 22.2 Å². The minimum atomic E-state index is -0.502. The van der Waals surface area contributed by atoms with Crippen LogP contribution in [0.5, 0.6) is 0 Å². The minimum Gasteiger partial charge on any atom is -0.320 e. The number of nitrogens with zero attached hydrogens (tertiary/aromatic N) is 2. The Morgan fingerprint density at radius 2 is 2.22 bits per heavy atom. The highest BCUT2D eigenvalue weighted by Gasteiger charge is 2.29. The molecule has 1 fully saturated rings. The van der Waals surface area contributed by atoms with Gasteiger partial charge in [-0.1, -0.05) is 6.07 Å². The monoisotopic (exact) mass is 249 g/mol. The van der Waals surface area contributed by atoms with Gasteiger partial charge >= 0.3 is 0 Å². The largest absolute Gasteiger partial charge is 0.320 e. The summed E-state index contributed by atoms with van der Waals surface area (Å²) in [5.74, 6) is -0.162. The molecule has 0 radical (unpaired) electrons. The predicted molar refractivity (Wildman–Crippen MR) is 67.4 cm³/mol. The van der Waals surface area contributed by atoms with Gasteiger partial charge in [-0.05, 0) is 25.8 Å². The Morgan fingerprint density at radius 1 is 1.50 bits per heavy atom. The van der Waals surface area contributed by atoms with Gasteiger partial charge in [-0.3, -0.25) is 14.9 Å². The average Bonchev–Trinajstić information content (AvgIpc) is 2.33. The molecule has 1 amide bonds. The summed E-state index contributed by atoms with van der Waals surface area (Å²) in [7, 11) is 0. The summed E-state index contributed by atoms with van der Waals surface area (Å²) < 4.78 is 0. The van der Waals surface area contributed by atoms with Crippen LogP contribution in [-0.4, -0.2) is 23.4 Å². The molecule has 1 aliphatic rings. The molecule has 1 atom stereocenters. The van der Waals surface area contributed by atoms with Crippen LogP contribution >= 0.6 is 0 Å². The Bertz CT molecular complexity index is 501. The second kappa shape index (κ2) is 4.73. The number of nitro groups is 1. The molecule has 2 N–H and O–H groups in total. The van der Waals surface area contributed by atoms with Crippen molar-refractivity contribution in [2.24, 2.45) is 5.73 Å². The van der Waals surface area contributed by atoms with Crippen LogP contribution in [0.4, 0.5) is 11.4 Å². The van der Waals surface area contributed by atoms with Crippen LogP contribution in [0.15, 0.2) is 18.2 Å². The van der Waals surface area contributed by atoms with Crippen molar-refractivity contribution in [2.45, 2.75) is 25.8 Å². The molecule has 1 unspecified atom stereocenters. The second-order valence-corrected chi connectivity index (χ2v) is 4.42. The summed E-state index contributed by atoms with van der Waals surface area (Å²) in [6.45, 7) is 2.22.